The summed E-state index contributed by atoms with van der Waals surface area (Å²) >= 11 is 0. The lowest BCUT2D eigenvalue weighted by atomic mass is 10.3. The number of ether oxygens (including phenoxy) is 1. The minimum Gasteiger partial charge on any atom is -0.482 e. The van der Waals surface area contributed by atoms with Crippen LogP contribution in [0.4, 0.5) is 8.78 Å². The molecule has 1 radical (unpaired) electrons. The second kappa shape index (κ2) is 3.80. The Hall–Kier alpha value is -1.45. The minimum absolute atomic E-state index is 0.279. The van der Waals surface area contributed by atoms with Crippen LogP contribution in [0.25, 0.3) is 0 Å². The van der Waals surface area contributed by atoms with Gasteiger partial charge in [0.15, 0.2) is 18.2 Å². The molecule has 0 aliphatic carbocycles. The van der Waals surface area contributed by atoms with Crippen LogP contribution >= 0.6 is 0 Å². The molecule has 0 saturated carbocycles. The lowest BCUT2D eigenvalue weighted by molar-refractivity contribution is 0.336. The Labute approximate surface area is 67.8 Å². The van der Waals surface area contributed by atoms with E-state index in [4.69, 9.17) is 0 Å². The number of rotatable bonds is 3. The number of carbonyl (C=O) groups excluding carboxylic acids is 1. The maximum absolute atomic E-state index is 12.7. The molecule has 0 fully saturated rings. The van der Waals surface area contributed by atoms with Gasteiger partial charge < -0.3 is 4.74 Å². The molecule has 1 rings (SSSR count). The van der Waals surface area contributed by atoms with E-state index in [1.54, 1.807) is 0 Å². The first-order chi connectivity index (χ1) is 5.75. The number of halogens is 2. The van der Waals surface area contributed by atoms with Crippen LogP contribution in [0.15, 0.2) is 18.2 Å². The SMILES string of the molecule is O=[C]COc1cccc(F)c1F. The van der Waals surface area contributed by atoms with Gasteiger partial charge in [-0.1, -0.05) is 6.07 Å². The van der Waals surface area contributed by atoms with Crippen molar-refractivity contribution in [2.24, 2.45) is 0 Å². The molecule has 0 unspecified atom stereocenters. The summed E-state index contributed by atoms with van der Waals surface area (Å²) < 4.78 is 29.7. The van der Waals surface area contributed by atoms with E-state index in [0.717, 1.165) is 6.07 Å². The van der Waals surface area contributed by atoms with Crippen LogP contribution in [0.2, 0.25) is 0 Å². The molecule has 0 spiro atoms. The van der Waals surface area contributed by atoms with E-state index in [0.29, 0.717) is 0 Å². The molecule has 1 aromatic rings. The summed E-state index contributed by atoms with van der Waals surface area (Å²) in [5.74, 6) is -2.37. The normalized spacial score (nSPS) is 9.50. The van der Waals surface area contributed by atoms with Gasteiger partial charge in [0, 0.05) is 0 Å². The number of benzene rings is 1. The molecular weight excluding hydrogens is 166 g/mol. The molecule has 2 nitrogen and oxygen atoms in total. The van der Waals surface area contributed by atoms with Gasteiger partial charge in [0.25, 0.3) is 0 Å². The lowest BCUT2D eigenvalue weighted by Gasteiger charge is -2.02. The standard InChI is InChI=1S/C8H5F2O2/c9-6-2-1-3-7(8(6)10)12-5-4-11/h1-3H,5H2. The van der Waals surface area contributed by atoms with Crippen molar-refractivity contribution in [1.29, 1.82) is 0 Å². The summed E-state index contributed by atoms with van der Waals surface area (Å²) in [6.07, 6.45) is 1.40. The van der Waals surface area contributed by atoms with Crippen LogP contribution < -0.4 is 4.74 Å². The molecule has 0 saturated heterocycles. The average Bonchev–Trinajstić information content (AvgIpc) is 2.08. The molecule has 0 aliphatic rings. The predicted octanol–water partition coefficient (Wildman–Crippen LogP) is 1.45. The largest absolute Gasteiger partial charge is 0.482 e. The van der Waals surface area contributed by atoms with Gasteiger partial charge in [-0.05, 0) is 12.1 Å². The fourth-order valence-electron chi connectivity index (χ4n) is 0.703. The minimum atomic E-state index is -1.09. The fraction of sp³-hybridized carbons (Fsp3) is 0.125. The van der Waals surface area contributed by atoms with E-state index in [-0.39, 0.29) is 5.75 Å². The third kappa shape index (κ3) is 1.78. The predicted molar refractivity (Wildman–Crippen MR) is 37.5 cm³/mol. The Balaban J connectivity index is 2.84. The van der Waals surface area contributed by atoms with Gasteiger partial charge in [0.2, 0.25) is 12.1 Å². The van der Waals surface area contributed by atoms with Crippen molar-refractivity contribution in [3.05, 3.63) is 29.8 Å². The zero-order valence-electron chi connectivity index (χ0n) is 6.01. The summed E-state index contributed by atoms with van der Waals surface area (Å²) in [5.41, 5.74) is 0. The Morgan fingerprint density at radius 1 is 1.42 bits per heavy atom. The molecular formula is C8H5F2O2. The molecule has 0 bridgehead atoms. The van der Waals surface area contributed by atoms with Crippen LogP contribution in [0.3, 0.4) is 0 Å². The Kier molecular flexibility index (Phi) is 2.74. The zero-order chi connectivity index (χ0) is 8.97. The van der Waals surface area contributed by atoms with E-state index in [1.165, 1.54) is 18.4 Å². The van der Waals surface area contributed by atoms with Gasteiger partial charge in [0.05, 0.1) is 0 Å². The highest BCUT2D eigenvalue weighted by atomic mass is 19.2. The average molecular weight is 171 g/mol. The van der Waals surface area contributed by atoms with E-state index in [2.05, 4.69) is 4.74 Å². The van der Waals surface area contributed by atoms with Crippen molar-refractivity contribution < 1.29 is 18.3 Å². The van der Waals surface area contributed by atoms with Gasteiger partial charge in [0.1, 0.15) is 0 Å². The summed E-state index contributed by atoms with van der Waals surface area (Å²) in [5, 5.41) is 0. The van der Waals surface area contributed by atoms with Crippen molar-refractivity contribution in [3.8, 4) is 5.75 Å². The summed E-state index contributed by atoms with van der Waals surface area (Å²) in [6, 6.07) is 3.49. The smallest absolute Gasteiger partial charge is 0.239 e. The highest BCUT2D eigenvalue weighted by molar-refractivity contribution is 5.52. The molecule has 0 amide bonds. The first kappa shape index (κ1) is 8.64. The van der Waals surface area contributed by atoms with Crippen LogP contribution in [0.1, 0.15) is 0 Å². The Morgan fingerprint density at radius 2 is 2.17 bits per heavy atom. The zero-order valence-corrected chi connectivity index (χ0v) is 6.01. The number of hydrogen-bond acceptors (Lipinski definition) is 2. The van der Waals surface area contributed by atoms with Gasteiger partial charge >= 0.3 is 0 Å². The lowest BCUT2D eigenvalue weighted by Crippen LogP contribution is -2.00. The molecule has 0 N–H and O–H groups in total. The van der Waals surface area contributed by atoms with Crippen LogP contribution in [-0.2, 0) is 4.79 Å². The van der Waals surface area contributed by atoms with Crippen molar-refractivity contribution in [1.82, 2.24) is 0 Å². The highest BCUT2D eigenvalue weighted by Crippen LogP contribution is 2.18. The molecule has 1 aromatic carbocycles. The monoisotopic (exact) mass is 171 g/mol. The Bertz CT molecular complexity index is 286. The second-order valence-corrected chi connectivity index (χ2v) is 1.98. The molecule has 0 heterocycles. The van der Waals surface area contributed by atoms with E-state index < -0.39 is 18.2 Å². The molecule has 0 atom stereocenters. The molecule has 0 aromatic heterocycles. The molecule has 0 aliphatic heterocycles. The first-order valence-corrected chi connectivity index (χ1v) is 3.17. The molecule has 4 heteroatoms. The highest BCUT2D eigenvalue weighted by Gasteiger charge is 2.07. The van der Waals surface area contributed by atoms with Gasteiger partial charge in [-0.25, -0.2) is 4.39 Å². The summed E-state index contributed by atoms with van der Waals surface area (Å²) in [4.78, 5) is 9.71. The van der Waals surface area contributed by atoms with Gasteiger partial charge in [-0.15, -0.1) is 0 Å². The molecule has 63 valence electrons. The van der Waals surface area contributed by atoms with Gasteiger partial charge in [-0.2, -0.15) is 4.39 Å². The molecule has 12 heavy (non-hydrogen) atoms. The fourth-order valence-corrected chi connectivity index (χ4v) is 0.703. The first-order valence-electron chi connectivity index (χ1n) is 3.17. The van der Waals surface area contributed by atoms with Crippen LogP contribution in [0.5, 0.6) is 5.75 Å². The Morgan fingerprint density at radius 3 is 2.83 bits per heavy atom. The second-order valence-electron chi connectivity index (χ2n) is 1.98. The van der Waals surface area contributed by atoms with E-state index >= 15 is 0 Å². The summed E-state index contributed by atoms with van der Waals surface area (Å²) in [7, 11) is 0. The summed E-state index contributed by atoms with van der Waals surface area (Å²) in [6.45, 7) is -0.402. The van der Waals surface area contributed by atoms with Gasteiger partial charge in [-0.3, -0.25) is 4.79 Å². The third-order valence-corrected chi connectivity index (χ3v) is 1.20. The van der Waals surface area contributed by atoms with Crippen molar-refractivity contribution in [2.75, 3.05) is 6.61 Å². The van der Waals surface area contributed by atoms with Crippen molar-refractivity contribution in [2.45, 2.75) is 0 Å². The maximum atomic E-state index is 12.7. The number of hydrogen-bond donors (Lipinski definition) is 0. The van der Waals surface area contributed by atoms with Crippen molar-refractivity contribution >= 4 is 6.29 Å². The van der Waals surface area contributed by atoms with Crippen LogP contribution in [-0.4, -0.2) is 12.9 Å². The quantitative estimate of drug-likeness (QED) is 0.688. The maximum Gasteiger partial charge on any atom is 0.239 e. The van der Waals surface area contributed by atoms with E-state index in [9.17, 15) is 13.6 Å². The van der Waals surface area contributed by atoms with Crippen LogP contribution in [0, 0.1) is 11.6 Å². The van der Waals surface area contributed by atoms with E-state index in [1.807, 2.05) is 0 Å². The topological polar surface area (TPSA) is 26.3 Å². The van der Waals surface area contributed by atoms with Crippen molar-refractivity contribution in [3.63, 3.8) is 0 Å². The third-order valence-electron chi connectivity index (χ3n) is 1.20.